The molecule has 0 amide bonds. The van der Waals surface area contributed by atoms with Crippen molar-refractivity contribution in [3.05, 3.63) is 70.4 Å². The molecule has 2 atom stereocenters. The zero-order chi connectivity index (χ0) is 20.5. The number of halogens is 1. The largest absolute Gasteiger partial charge is 0.404 e. The van der Waals surface area contributed by atoms with Crippen LogP contribution < -0.4 is 16.2 Å². The lowest BCUT2D eigenvalue weighted by Crippen LogP contribution is -2.21. The lowest BCUT2D eigenvalue weighted by Gasteiger charge is -2.15. The van der Waals surface area contributed by atoms with Crippen molar-refractivity contribution in [2.45, 2.75) is 31.3 Å². The van der Waals surface area contributed by atoms with E-state index < -0.39 is 0 Å². The molecule has 30 heavy (non-hydrogen) atoms. The highest BCUT2D eigenvalue weighted by Gasteiger charge is 2.26. The molecular weight excluding hydrogens is 404 g/mol. The maximum Gasteiger partial charge on any atom is 0.297 e. The maximum atomic E-state index is 12.1. The number of aromatic nitrogens is 4. The molecule has 9 heteroatoms. The van der Waals surface area contributed by atoms with Gasteiger partial charge < -0.3 is 15.1 Å². The van der Waals surface area contributed by atoms with E-state index >= 15 is 0 Å². The Hall–Kier alpha value is -3.39. The Morgan fingerprint density at radius 1 is 1.07 bits per heavy atom. The molecule has 152 valence electrons. The van der Waals surface area contributed by atoms with Crippen LogP contribution in [0, 0.1) is 0 Å². The van der Waals surface area contributed by atoms with Crippen molar-refractivity contribution in [3.8, 4) is 5.69 Å². The van der Waals surface area contributed by atoms with Gasteiger partial charge in [0.25, 0.3) is 11.6 Å². The number of anilines is 2. The molecule has 1 fully saturated rings. The fourth-order valence-corrected chi connectivity index (χ4v) is 3.91. The molecule has 4 aromatic heterocycles. The van der Waals surface area contributed by atoms with E-state index in [0.29, 0.717) is 17.4 Å². The van der Waals surface area contributed by atoms with E-state index in [-0.39, 0.29) is 22.7 Å². The lowest BCUT2D eigenvalue weighted by molar-refractivity contribution is 0.583. The minimum atomic E-state index is -0.263. The Kier molecular flexibility index (Phi) is 4.84. The number of hydrogen-bond acceptors (Lipinski definition) is 7. The maximum absolute atomic E-state index is 12.1. The van der Waals surface area contributed by atoms with Crippen LogP contribution in [0.25, 0.3) is 16.9 Å². The summed E-state index contributed by atoms with van der Waals surface area (Å²) in [6, 6.07) is 11.8. The molecule has 4 aromatic rings. The Morgan fingerprint density at radius 2 is 1.93 bits per heavy atom. The van der Waals surface area contributed by atoms with Crippen LogP contribution in [0.15, 0.2) is 64.2 Å². The standard InChI is InChI=1S/C21H19ClN6O2/c22-16-3-2-10-28(20(16)29)15-7-8-18(24-12-15)25-13-5-6-14(11-13)26-21-27-17-4-1-9-23-19(17)30-21/h1-4,7-10,12-14H,5-6,11H2,(H,24,25)(H,26,27)/t13-,14-/m0/s1. The van der Waals surface area contributed by atoms with Crippen molar-refractivity contribution in [1.29, 1.82) is 0 Å². The minimum Gasteiger partial charge on any atom is -0.404 e. The Balaban J connectivity index is 1.21. The molecule has 0 spiro atoms. The number of pyridine rings is 3. The molecule has 8 nitrogen and oxygen atoms in total. The summed E-state index contributed by atoms with van der Waals surface area (Å²) < 4.78 is 7.13. The van der Waals surface area contributed by atoms with Crippen molar-refractivity contribution < 1.29 is 4.42 Å². The summed E-state index contributed by atoms with van der Waals surface area (Å²) in [7, 11) is 0. The Labute approximate surface area is 176 Å². The third-order valence-electron chi connectivity index (χ3n) is 5.21. The van der Waals surface area contributed by atoms with Gasteiger partial charge in [-0.3, -0.25) is 9.36 Å². The van der Waals surface area contributed by atoms with Crippen LogP contribution in [-0.4, -0.2) is 31.6 Å². The number of oxazole rings is 1. The molecule has 1 aliphatic carbocycles. The van der Waals surface area contributed by atoms with Crippen molar-refractivity contribution in [2.24, 2.45) is 0 Å². The zero-order valence-corrected chi connectivity index (χ0v) is 16.7. The van der Waals surface area contributed by atoms with Gasteiger partial charge in [-0.15, -0.1) is 0 Å². The first-order chi connectivity index (χ1) is 14.7. The molecular formula is C21H19ClN6O2. The van der Waals surface area contributed by atoms with Gasteiger partial charge in [0.1, 0.15) is 16.4 Å². The summed E-state index contributed by atoms with van der Waals surface area (Å²) in [5.41, 5.74) is 1.69. The summed E-state index contributed by atoms with van der Waals surface area (Å²) in [5.74, 6) is 0.769. The average molecular weight is 423 g/mol. The number of nitrogens with zero attached hydrogens (tertiary/aromatic N) is 4. The van der Waals surface area contributed by atoms with Gasteiger partial charge in [0.15, 0.2) is 0 Å². The first kappa shape index (κ1) is 18.6. The number of rotatable bonds is 5. The molecule has 1 saturated carbocycles. The topological polar surface area (TPSA) is 97.9 Å². The van der Waals surface area contributed by atoms with E-state index in [1.54, 1.807) is 30.7 Å². The van der Waals surface area contributed by atoms with E-state index in [4.69, 9.17) is 16.0 Å². The minimum absolute atomic E-state index is 0.180. The van der Waals surface area contributed by atoms with Crippen LogP contribution in [0.3, 0.4) is 0 Å². The summed E-state index contributed by atoms with van der Waals surface area (Å²) in [6.45, 7) is 0. The van der Waals surface area contributed by atoms with E-state index in [1.807, 2.05) is 24.3 Å². The predicted molar refractivity (Wildman–Crippen MR) is 115 cm³/mol. The molecule has 1 aliphatic rings. The normalized spacial score (nSPS) is 18.6. The second-order valence-electron chi connectivity index (χ2n) is 7.28. The van der Waals surface area contributed by atoms with Gasteiger partial charge in [0.05, 0.1) is 11.9 Å². The highest BCUT2D eigenvalue weighted by molar-refractivity contribution is 6.30. The quantitative estimate of drug-likeness (QED) is 0.503. The number of fused-ring (bicyclic) bond motifs is 1. The summed E-state index contributed by atoms with van der Waals surface area (Å²) in [4.78, 5) is 25.2. The number of nitrogens with one attached hydrogen (secondary N) is 2. The number of hydrogen-bond donors (Lipinski definition) is 2. The van der Waals surface area contributed by atoms with Gasteiger partial charge in [-0.25, -0.2) is 9.97 Å². The van der Waals surface area contributed by atoms with Crippen molar-refractivity contribution in [3.63, 3.8) is 0 Å². The van der Waals surface area contributed by atoms with Crippen LogP contribution >= 0.6 is 11.6 Å². The van der Waals surface area contributed by atoms with Gasteiger partial charge in [0, 0.05) is 24.5 Å². The zero-order valence-electron chi connectivity index (χ0n) is 16.0. The van der Waals surface area contributed by atoms with Crippen LogP contribution in [0.5, 0.6) is 0 Å². The molecule has 0 aromatic carbocycles. The van der Waals surface area contributed by atoms with Crippen molar-refractivity contribution >= 4 is 34.7 Å². The third kappa shape index (κ3) is 3.73. The first-order valence-corrected chi connectivity index (χ1v) is 10.1. The lowest BCUT2D eigenvalue weighted by atomic mass is 10.2. The Bertz CT molecular complexity index is 1200. The van der Waals surface area contributed by atoms with E-state index in [0.717, 1.165) is 30.6 Å². The van der Waals surface area contributed by atoms with Crippen LogP contribution in [0.1, 0.15) is 19.3 Å². The highest BCUT2D eigenvalue weighted by atomic mass is 35.5. The molecule has 4 heterocycles. The molecule has 0 radical (unpaired) electrons. The molecule has 0 bridgehead atoms. The second kappa shape index (κ2) is 7.79. The fourth-order valence-electron chi connectivity index (χ4n) is 3.74. The SMILES string of the molecule is O=c1c(Cl)cccn1-c1ccc(N[C@H]2CC[C@H](Nc3nc4cccnc4o3)C2)nc1. The summed E-state index contributed by atoms with van der Waals surface area (Å²) in [5, 5.41) is 7.00. The van der Waals surface area contributed by atoms with Gasteiger partial charge in [-0.2, -0.15) is 4.98 Å². The molecule has 0 unspecified atom stereocenters. The van der Waals surface area contributed by atoms with Crippen LogP contribution in [0.4, 0.5) is 11.8 Å². The summed E-state index contributed by atoms with van der Waals surface area (Å²) >= 11 is 5.92. The Morgan fingerprint density at radius 3 is 2.73 bits per heavy atom. The van der Waals surface area contributed by atoms with Gasteiger partial charge in [-0.05, 0) is 55.7 Å². The smallest absolute Gasteiger partial charge is 0.297 e. The monoisotopic (exact) mass is 422 g/mol. The van der Waals surface area contributed by atoms with Crippen LogP contribution in [-0.2, 0) is 0 Å². The molecule has 2 N–H and O–H groups in total. The summed E-state index contributed by atoms with van der Waals surface area (Å²) in [6.07, 6.45) is 7.95. The fraction of sp³-hybridized carbons (Fsp3) is 0.238. The molecule has 5 rings (SSSR count). The van der Waals surface area contributed by atoms with Crippen molar-refractivity contribution in [2.75, 3.05) is 10.6 Å². The first-order valence-electron chi connectivity index (χ1n) is 9.74. The van der Waals surface area contributed by atoms with Crippen LogP contribution in [0.2, 0.25) is 5.02 Å². The van der Waals surface area contributed by atoms with E-state index in [2.05, 4.69) is 25.6 Å². The average Bonchev–Trinajstić information content (AvgIpc) is 3.37. The van der Waals surface area contributed by atoms with Gasteiger partial charge in [0.2, 0.25) is 5.71 Å². The highest BCUT2D eigenvalue weighted by Crippen LogP contribution is 2.26. The van der Waals surface area contributed by atoms with Gasteiger partial charge >= 0.3 is 0 Å². The van der Waals surface area contributed by atoms with Crippen molar-refractivity contribution in [1.82, 2.24) is 19.5 Å². The second-order valence-corrected chi connectivity index (χ2v) is 7.68. The third-order valence-corrected chi connectivity index (χ3v) is 5.49. The predicted octanol–water partition coefficient (Wildman–Crippen LogP) is 3.87. The molecule has 0 aliphatic heterocycles. The van der Waals surface area contributed by atoms with Gasteiger partial charge in [-0.1, -0.05) is 11.6 Å². The molecule has 0 saturated heterocycles. The van der Waals surface area contributed by atoms with E-state index in [1.165, 1.54) is 4.57 Å². The van der Waals surface area contributed by atoms with E-state index in [9.17, 15) is 4.79 Å².